The van der Waals surface area contributed by atoms with Crippen LogP contribution in [0.3, 0.4) is 0 Å². The van der Waals surface area contributed by atoms with Crippen LogP contribution in [0.15, 0.2) is 0 Å². The molecule has 0 spiro atoms. The average molecular weight is 357 g/mol. The lowest BCUT2D eigenvalue weighted by molar-refractivity contribution is -0.143. The third-order valence-corrected chi connectivity index (χ3v) is 4.60. The van der Waals surface area contributed by atoms with Crippen molar-refractivity contribution in [3.05, 3.63) is 0 Å². The molecule has 0 aliphatic rings. The van der Waals surface area contributed by atoms with Gasteiger partial charge in [-0.25, -0.2) is 0 Å². The van der Waals surface area contributed by atoms with E-state index in [2.05, 4.69) is 13.8 Å². The number of rotatable bonds is 18. The summed E-state index contributed by atoms with van der Waals surface area (Å²) in [6, 6.07) is 0. The van der Waals surface area contributed by atoms with Crippen molar-refractivity contribution in [2.75, 3.05) is 0 Å². The van der Waals surface area contributed by atoms with Crippen LogP contribution in [0.4, 0.5) is 0 Å². The van der Waals surface area contributed by atoms with Gasteiger partial charge in [0.05, 0.1) is 0 Å². The molecule has 0 aliphatic carbocycles. The van der Waals surface area contributed by atoms with Gasteiger partial charge in [-0.3, -0.25) is 9.59 Å². The van der Waals surface area contributed by atoms with E-state index in [9.17, 15) is 9.59 Å². The highest BCUT2D eigenvalue weighted by atomic mass is 16.5. The van der Waals surface area contributed by atoms with Gasteiger partial charge in [0.25, 0.3) is 0 Å². The Morgan fingerprint density at radius 2 is 0.960 bits per heavy atom. The number of hydrogen-bond acceptors (Lipinski definition) is 3. The minimum Gasteiger partial charge on any atom is -0.367 e. The minimum atomic E-state index is -0.705. The first-order valence-electron chi connectivity index (χ1n) is 10.3. The molecule has 0 aliphatic heterocycles. The van der Waals surface area contributed by atoms with Crippen molar-refractivity contribution in [2.24, 2.45) is 11.5 Å². The van der Waals surface area contributed by atoms with Crippen molar-refractivity contribution in [1.82, 2.24) is 0 Å². The number of hydrogen-bond donors (Lipinski definition) is 2. The molecule has 0 fully saturated rings. The minimum absolute atomic E-state index is 0.497. The lowest BCUT2D eigenvalue weighted by Gasteiger charge is -2.21. The molecule has 2 unspecified atom stereocenters. The molecule has 0 aromatic heterocycles. The molecular weight excluding hydrogens is 316 g/mol. The summed E-state index contributed by atoms with van der Waals surface area (Å²) in [5, 5.41) is 0. The molecule has 0 bridgehead atoms. The number of amides is 2. The van der Waals surface area contributed by atoms with Crippen LogP contribution in [0.5, 0.6) is 0 Å². The van der Waals surface area contributed by atoms with E-state index in [1.165, 1.54) is 38.5 Å². The molecule has 148 valence electrons. The molecule has 2 atom stereocenters. The van der Waals surface area contributed by atoms with Crippen molar-refractivity contribution in [3.8, 4) is 0 Å². The first kappa shape index (κ1) is 23.9. The Hall–Kier alpha value is -1.10. The second kappa shape index (κ2) is 16.4. The molecule has 0 saturated carbocycles. The van der Waals surface area contributed by atoms with Gasteiger partial charge in [-0.05, 0) is 12.8 Å². The van der Waals surface area contributed by atoms with Crippen LogP contribution in [0.25, 0.3) is 0 Å². The maximum absolute atomic E-state index is 11.6. The largest absolute Gasteiger partial charge is 0.367 e. The Labute approximate surface area is 154 Å². The van der Waals surface area contributed by atoms with E-state index in [0.717, 1.165) is 38.5 Å². The Balaban J connectivity index is 4.13. The first-order valence-corrected chi connectivity index (χ1v) is 10.3. The number of unbranched alkanes of at least 4 members (excludes halogenated alkanes) is 10. The van der Waals surface area contributed by atoms with Crippen LogP contribution in [-0.4, -0.2) is 24.0 Å². The first-order chi connectivity index (χ1) is 12.0. The van der Waals surface area contributed by atoms with E-state index in [1.807, 2.05) is 0 Å². The quantitative estimate of drug-likeness (QED) is 0.360. The number of ether oxygens (including phenoxy) is 1. The highest BCUT2D eigenvalue weighted by molar-refractivity contribution is 5.81. The molecule has 0 radical (unpaired) electrons. The SMILES string of the molecule is CCCCCCCCC(OC(CCCCCCCC)C(N)=O)C(N)=O. The number of nitrogens with two attached hydrogens (primary N) is 2. The smallest absolute Gasteiger partial charge is 0.246 e. The normalized spacial score (nSPS) is 13.5. The van der Waals surface area contributed by atoms with Crippen LogP contribution >= 0.6 is 0 Å². The van der Waals surface area contributed by atoms with Crippen LogP contribution < -0.4 is 11.5 Å². The second-order valence-electron chi connectivity index (χ2n) is 7.03. The van der Waals surface area contributed by atoms with Crippen LogP contribution in [0.1, 0.15) is 104 Å². The second-order valence-corrected chi connectivity index (χ2v) is 7.03. The van der Waals surface area contributed by atoms with Crippen molar-refractivity contribution in [3.63, 3.8) is 0 Å². The third-order valence-electron chi connectivity index (χ3n) is 4.60. The number of carbonyl (C=O) groups excluding carboxylic acids is 2. The molecule has 0 rings (SSSR count). The zero-order chi connectivity index (χ0) is 18.9. The fourth-order valence-corrected chi connectivity index (χ4v) is 2.97. The van der Waals surface area contributed by atoms with Gasteiger partial charge in [0.1, 0.15) is 12.2 Å². The third kappa shape index (κ3) is 13.8. The van der Waals surface area contributed by atoms with E-state index in [1.54, 1.807) is 0 Å². The summed E-state index contributed by atoms with van der Waals surface area (Å²) in [6.07, 6.45) is 13.3. The van der Waals surface area contributed by atoms with Crippen molar-refractivity contribution < 1.29 is 14.3 Å². The highest BCUT2D eigenvalue weighted by Crippen LogP contribution is 2.15. The van der Waals surface area contributed by atoms with Crippen LogP contribution in [0.2, 0.25) is 0 Å². The Morgan fingerprint density at radius 1 is 0.640 bits per heavy atom. The predicted molar refractivity (Wildman–Crippen MR) is 103 cm³/mol. The van der Waals surface area contributed by atoms with E-state index in [-0.39, 0.29) is 0 Å². The van der Waals surface area contributed by atoms with E-state index < -0.39 is 24.0 Å². The summed E-state index contributed by atoms with van der Waals surface area (Å²) < 4.78 is 5.68. The van der Waals surface area contributed by atoms with E-state index >= 15 is 0 Å². The number of carbonyl (C=O) groups is 2. The molecule has 0 aromatic carbocycles. The van der Waals surface area contributed by atoms with Crippen LogP contribution in [0, 0.1) is 0 Å². The summed E-state index contributed by atoms with van der Waals surface area (Å²) in [7, 11) is 0. The zero-order valence-electron chi connectivity index (χ0n) is 16.4. The fraction of sp³-hybridized carbons (Fsp3) is 0.900. The maximum Gasteiger partial charge on any atom is 0.246 e. The van der Waals surface area contributed by atoms with Crippen molar-refractivity contribution in [1.29, 1.82) is 0 Å². The van der Waals surface area contributed by atoms with Gasteiger partial charge in [0, 0.05) is 0 Å². The average Bonchev–Trinajstić information content (AvgIpc) is 2.57. The lowest BCUT2D eigenvalue weighted by Crippen LogP contribution is -2.40. The molecule has 0 aromatic rings. The molecule has 25 heavy (non-hydrogen) atoms. The zero-order valence-corrected chi connectivity index (χ0v) is 16.4. The molecule has 0 saturated heterocycles. The van der Waals surface area contributed by atoms with E-state index in [0.29, 0.717) is 12.8 Å². The Bertz CT molecular complexity index is 316. The van der Waals surface area contributed by atoms with Gasteiger partial charge in [-0.2, -0.15) is 0 Å². The van der Waals surface area contributed by atoms with Gasteiger partial charge in [-0.15, -0.1) is 0 Å². The Kier molecular flexibility index (Phi) is 15.7. The Morgan fingerprint density at radius 3 is 1.28 bits per heavy atom. The maximum atomic E-state index is 11.6. The van der Waals surface area contributed by atoms with Crippen LogP contribution in [-0.2, 0) is 14.3 Å². The molecule has 5 heteroatoms. The summed E-state index contributed by atoms with van der Waals surface area (Å²) in [5.41, 5.74) is 10.9. The fourth-order valence-electron chi connectivity index (χ4n) is 2.97. The number of primary amides is 2. The van der Waals surface area contributed by atoms with Crippen molar-refractivity contribution in [2.45, 2.75) is 116 Å². The molecule has 4 N–H and O–H groups in total. The van der Waals surface area contributed by atoms with Gasteiger partial charge < -0.3 is 16.2 Å². The molecule has 0 heterocycles. The van der Waals surface area contributed by atoms with E-state index in [4.69, 9.17) is 16.2 Å². The molecular formula is C20H40N2O3. The van der Waals surface area contributed by atoms with Gasteiger partial charge in [-0.1, -0.05) is 90.9 Å². The van der Waals surface area contributed by atoms with Gasteiger partial charge >= 0.3 is 0 Å². The highest BCUT2D eigenvalue weighted by Gasteiger charge is 2.24. The molecule has 2 amide bonds. The topological polar surface area (TPSA) is 95.4 Å². The van der Waals surface area contributed by atoms with Gasteiger partial charge in [0.2, 0.25) is 11.8 Å². The lowest BCUT2D eigenvalue weighted by atomic mass is 10.0. The van der Waals surface area contributed by atoms with Gasteiger partial charge in [0.15, 0.2) is 0 Å². The summed E-state index contributed by atoms with van der Waals surface area (Å²) in [4.78, 5) is 23.2. The standard InChI is InChI=1S/C20H40N2O3/c1-3-5-7-9-11-13-15-17(19(21)23)25-18(20(22)24)16-14-12-10-8-6-4-2/h17-18H,3-16H2,1-2H3,(H2,21,23)(H2,22,24). The van der Waals surface area contributed by atoms with Crippen molar-refractivity contribution >= 4 is 11.8 Å². The molecule has 5 nitrogen and oxygen atoms in total. The predicted octanol–water partition coefficient (Wildman–Crippen LogP) is 4.21. The summed E-state index contributed by atoms with van der Waals surface area (Å²) >= 11 is 0. The summed E-state index contributed by atoms with van der Waals surface area (Å²) in [5.74, 6) is -0.995. The monoisotopic (exact) mass is 356 g/mol. The summed E-state index contributed by atoms with van der Waals surface area (Å²) in [6.45, 7) is 4.37.